The van der Waals surface area contributed by atoms with Gasteiger partial charge in [-0.15, -0.1) is 11.3 Å². The second-order valence-electron chi connectivity index (χ2n) is 5.83. The van der Waals surface area contributed by atoms with E-state index in [1.165, 1.54) is 42.6 Å². The highest BCUT2D eigenvalue weighted by Crippen LogP contribution is 2.39. The zero-order valence-electron chi connectivity index (χ0n) is 13.0. The molecule has 3 rings (SSSR count). The van der Waals surface area contributed by atoms with Crippen molar-refractivity contribution in [2.24, 2.45) is 5.73 Å². The zero-order chi connectivity index (χ0) is 15.7. The first-order valence-electron chi connectivity index (χ1n) is 7.67. The minimum atomic E-state index is 0.762. The molecule has 3 N–H and O–H groups in total. The summed E-state index contributed by atoms with van der Waals surface area (Å²) in [5.41, 5.74) is 12.3. The highest BCUT2D eigenvalue weighted by atomic mass is 79.9. The van der Waals surface area contributed by atoms with E-state index < -0.39 is 0 Å². The molecule has 0 aliphatic rings. The van der Waals surface area contributed by atoms with Gasteiger partial charge in [0.2, 0.25) is 0 Å². The smallest absolute Gasteiger partial charge is 0.0650 e. The molecule has 116 valence electrons. The fourth-order valence-electron chi connectivity index (χ4n) is 3.16. The van der Waals surface area contributed by atoms with Gasteiger partial charge >= 0.3 is 0 Å². The summed E-state index contributed by atoms with van der Waals surface area (Å²) in [4.78, 5) is 4.95. The molecule has 3 aromatic rings. The van der Waals surface area contributed by atoms with Crippen LogP contribution in [-0.2, 0) is 6.42 Å². The largest absolute Gasteiger partial charge is 0.354 e. The quantitative estimate of drug-likeness (QED) is 0.562. The average Bonchev–Trinajstić information content (AvgIpc) is 3.02. The van der Waals surface area contributed by atoms with E-state index >= 15 is 0 Å². The number of hydrogen-bond acceptors (Lipinski definition) is 2. The number of benzene rings is 1. The Morgan fingerprint density at radius 3 is 2.73 bits per heavy atom. The summed E-state index contributed by atoms with van der Waals surface area (Å²) in [7, 11) is 0. The molecule has 2 aromatic heterocycles. The molecular formula is C18H21BrN2S. The summed E-state index contributed by atoms with van der Waals surface area (Å²) in [6.45, 7) is 5.13. The zero-order valence-corrected chi connectivity index (χ0v) is 15.4. The lowest BCUT2D eigenvalue weighted by atomic mass is 9.99. The number of aromatic nitrogens is 1. The van der Waals surface area contributed by atoms with Crippen molar-refractivity contribution < 1.29 is 0 Å². The topological polar surface area (TPSA) is 41.8 Å². The van der Waals surface area contributed by atoms with Crippen LogP contribution in [0, 0.1) is 13.8 Å². The van der Waals surface area contributed by atoms with Crippen molar-refractivity contribution in [2.45, 2.75) is 33.1 Å². The van der Waals surface area contributed by atoms with Crippen molar-refractivity contribution in [3.8, 4) is 10.6 Å². The number of aryl methyl sites for hydroxylation is 3. The molecule has 0 amide bonds. The van der Waals surface area contributed by atoms with Crippen LogP contribution < -0.4 is 5.73 Å². The van der Waals surface area contributed by atoms with E-state index in [2.05, 4.69) is 58.3 Å². The Bertz CT molecular complexity index is 801. The summed E-state index contributed by atoms with van der Waals surface area (Å²) >= 11 is 5.46. The number of hydrogen-bond donors (Lipinski definition) is 2. The van der Waals surface area contributed by atoms with Crippen molar-refractivity contribution in [2.75, 3.05) is 6.54 Å². The first-order chi connectivity index (χ1) is 10.6. The molecule has 0 aliphatic heterocycles. The van der Waals surface area contributed by atoms with E-state index in [-0.39, 0.29) is 0 Å². The fourth-order valence-corrected chi connectivity index (χ4v) is 4.76. The second kappa shape index (κ2) is 6.57. The Morgan fingerprint density at radius 1 is 1.23 bits per heavy atom. The van der Waals surface area contributed by atoms with Gasteiger partial charge in [0.1, 0.15) is 0 Å². The van der Waals surface area contributed by atoms with Gasteiger partial charge in [0.05, 0.1) is 10.6 Å². The van der Waals surface area contributed by atoms with Crippen LogP contribution in [0.25, 0.3) is 21.5 Å². The number of aromatic amines is 1. The van der Waals surface area contributed by atoms with Crippen LogP contribution in [-0.4, -0.2) is 11.5 Å². The third kappa shape index (κ3) is 2.87. The third-order valence-electron chi connectivity index (χ3n) is 4.07. The van der Waals surface area contributed by atoms with Crippen molar-refractivity contribution in [3.05, 3.63) is 44.7 Å². The molecule has 4 heteroatoms. The van der Waals surface area contributed by atoms with Crippen LogP contribution >= 0.6 is 27.3 Å². The number of rotatable bonds is 5. The molecule has 2 heterocycles. The molecule has 0 saturated carbocycles. The molecule has 0 aliphatic carbocycles. The Morgan fingerprint density at radius 2 is 2.05 bits per heavy atom. The second-order valence-corrected chi connectivity index (χ2v) is 7.60. The van der Waals surface area contributed by atoms with Crippen molar-refractivity contribution in [3.63, 3.8) is 0 Å². The number of nitrogens with two attached hydrogens (primary N) is 1. The molecule has 1 aromatic carbocycles. The highest BCUT2D eigenvalue weighted by Gasteiger charge is 2.17. The van der Waals surface area contributed by atoms with E-state index in [9.17, 15) is 0 Å². The summed E-state index contributed by atoms with van der Waals surface area (Å²) in [6, 6.07) is 6.64. The van der Waals surface area contributed by atoms with Gasteiger partial charge in [0.25, 0.3) is 0 Å². The number of nitrogens with one attached hydrogen (secondary N) is 1. The van der Waals surface area contributed by atoms with Gasteiger partial charge < -0.3 is 10.7 Å². The van der Waals surface area contributed by atoms with E-state index in [1.807, 2.05) is 0 Å². The molecule has 0 unspecified atom stereocenters. The lowest BCUT2D eigenvalue weighted by Crippen LogP contribution is -1.99. The van der Waals surface area contributed by atoms with E-state index in [4.69, 9.17) is 5.73 Å². The van der Waals surface area contributed by atoms with Gasteiger partial charge in [0.15, 0.2) is 0 Å². The predicted molar refractivity (Wildman–Crippen MR) is 101 cm³/mol. The first-order valence-corrected chi connectivity index (χ1v) is 9.34. The molecule has 0 saturated heterocycles. The van der Waals surface area contributed by atoms with Gasteiger partial charge in [-0.05, 0) is 89.8 Å². The third-order valence-corrected chi connectivity index (χ3v) is 5.92. The van der Waals surface area contributed by atoms with Crippen LogP contribution in [0.4, 0.5) is 0 Å². The Balaban J connectivity index is 2.19. The lowest BCUT2D eigenvalue weighted by Gasteiger charge is -2.06. The number of thiophene rings is 1. The highest BCUT2D eigenvalue weighted by molar-refractivity contribution is 9.10. The number of halogens is 1. The van der Waals surface area contributed by atoms with Gasteiger partial charge in [-0.3, -0.25) is 0 Å². The van der Waals surface area contributed by atoms with Crippen LogP contribution in [0.1, 0.15) is 29.5 Å². The van der Waals surface area contributed by atoms with Crippen LogP contribution in [0.15, 0.2) is 28.1 Å². The van der Waals surface area contributed by atoms with E-state index in [0.717, 1.165) is 25.8 Å². The van der Waals surface area contributed by atoms with Crippen LogP contribution in [0.3, 0.4) is 0 Å². The fraction of sp³-hybridized carbons (Fsp3) is 0.333. The normalized spacial score (nSPS) is 11.5. The standard InChI is InChI=1S/C18H21BrN2S/c1-11-9-12(2)16-13(5-3-4-7-20)17(21-15(16)10-11)18-14(19)6-8-22-18/h6,8-10,21H,3-5,7,20H2,1-2H3. The van der Waals surface area contributed by atoms with Crippen molar-refractivity contribution in [1.29, 1.82) is 0 Å². The first kappa shape index (κ1) is 15.8. The molecule has 0 atom stereocenters. The SMILES string of the molecule is Cc1cc(C)c2c(CCCCN)c(-c3sccc3Br)[nH]c2c1. The summed E-state index contributed by atoms with van der Waals surface area (Å²) in [5.74, 6) is 0. The molecule has 0 radical (unpaired) electrons. The van der Waals surface area contributed by atoms with E-state index in [0.29, 0.717) is 0 Å². The Kier molecular flexibility index (Phi) is 4.71. The molecule has 2 nitrogen and oxygen atoms in total. The summed E-state index contributed by atoms with van der Waals surface area (Å²) < 4.78 is 1.17. The monoisotopic (exact) mass is 376 g/mol. The predicted octanol–water partition coefficient (Wildman–Crippen LogP) is 5.56. The van der Waals surface area contributed by atoms with Gasteiger partial charge in [-0.2, -0.15) is 0 Å². The maximum absolute atomic E-state index is 5.67. The minimum absolute atomic E-state index is 0.762. The molecule has 0 bridgehead atoms. The van der Waals surface area contributed by atoms with E-state index in [1.54, 1.807) is 11.3 Å². The minimum Gasteiger partial charge on any atom is -0.354 e. The van der Waals surface area contributed by atoms with Crippen molar-refractivity contribution >= 4 is 38.2 Å². The Labute approximate surface area is 143 Å². The number of unbranched alkanes of at least 4 members (excludes halogenated alkanes) is 1. The average molecular weight is 377 g/mol. The van der Waals surface area contributed by atoms with Gasteiger partial charge in [-0.25, -0.2) is 0 Å². The molecule has 0 fully saturated rings. The summed E-state index contributed by atoms with van der Waals surface area (Å²) in [5, 5.41) is 3.52. The molecule has 0 spiro atoms. The van der Waals surface area contributed by atoms with Crippen LogP contribution in [0.2, 0.25) is 0 Å². The van der Waals surface area contributed by atoms with Crippen molar-refractivity contribution in [1.82, 2.24) is 4.98 Å². The maximum atomic E-state index is 5.67. The maximum Gasteiger partial charge on any atom is 0.0650 e. The van der Waals surface area contributed by atoms with Crippen LogP contribution in [0.5, 0.6) is 0 Å². The lowest BCUT2D eigenvalue weighted by molar-refractivity contribution is 0.748. The summed E-state index contributed by atoms with van der Waals surface area (Å²) in [6.07, 6.45) is 3.27. The van der Waals surface area contributed by atoms with Gasteiger partial charge in [-0.1, -0.05) is 6.07 Å². The number of fused-ring (bicyclic) bond motifs is 1. The van der Waals surface area contributed by atoms with Gasteiger partial charge in [0, 0.05) is 15.4 Å². The molecule has 22 heavy (non-hydrogen) atoms. The number of H-pyrrole nitrogens is 1. The molecular weight excluding hydrogens is 356 g/mol. The Hall–Kier alpha value is -1.10.